The van der Waals surface area contributed by atoms with Crippen LogP contribution in [0.1, 0.15) is 47.5 Å². The second-order valence-electron chi connectivity index (χ2n) is 4.82. The highest BCUT2D eigenvalue weighted by Gasteiger charge is 2.27. The van der Waals surface area contributed by atoms with Gasteiger partial charge in [0.2, 0.25) is 0 Å². The van der Waals surface area contributed by atoms with Gasteiger partial charge in [-0.2, -0.15) is 0 Å². The van der Waals surface area contributed by atoms with Crippen LogP contribution >= 0.6 is 0 Å². The molecule has 4 heteroatoms. The molecular formula is C11H24O4. The first-order valence-corrected chi connectivity index (χ1v) is 5.35. The standard InChI is InChI=1S/C11H24O4/c1-7-11(5,8-9-13-12-6)15-14-10(2,3)4/h7-9H2,1-6H3. The van der Waals surface area contributed by atoms with E-state index in [9.17, 15) is 0 Å². The van der Waals surface area contributed by atoms with Gasteiger partial charge in [-0.15, -0.1) is 0 Å². The normalized spacial score (nSPS) is 16.4. The van der Waals surface area contributed by atoms with E-state index in [0.717, 1.165) is 12.8 Å². The lowest BCUT2D eigenvalue weighted by atomic mass is 10.0. The molecule has 0 rings (SSSR count). The van der Waals surface area contributed by atoms with E-state index in [2.05, 4.69) is 11.8 Å². The van der Waals surface area contributed by atoms with Crippen LogP contribution in [0.3, 0.4) is 0 Å². The third-order valence-corrected chi connectivity index (χ3v) is 2.07. The van der Waals surface area contributed by atoms with Crippen LogP contribution in [0.15, 0.2) is 0 Å². The van der Waals surface area contributed by atoms with E-state index >= 15 is 0 Å². The van der Waals surface area contributed by atoms with Crippen LogP contribution in [-0.2, 0) is 19.6 Å². The Morgan fingerprint density at radius 1 is 1.00 bits per heavy atom. The van der Waals surface area contributed by atoms with Gasteiger partial charge in [0.25, 0.3) is 0 Å². The zero-order chi connectivity index (χ0) is 11.9. The fourth-order valence-electron chi connectivity index (χ4n) is 0.844. The lowest BCUT2D eigenvalue weighted by Crippen LogP contribution is -2.34. The van der Waals surface area contributed by atoms with Gasteiger partial charge in [-0.1, -0.05) is 6.92 Å². The molecule has 0 saturated heterocycles. The molecule has 0 saturated carbocycles. The van der Waals surface area contributed by atoms with E-state index in [1.165, 1.54) is 7.11 Å². The lowest BCUT2D eigenvalue weighted by molar-refractivity contribution is -0.406. The molecule has 92 valence electrons. The Morgan fingerprint density at radius 3 is 2.00 bits per heavy atom. The van der Waals surface area contributed by atoms with Gasteiger partial charge in [0.15, 0.2) is 0 Å². The van der Waals surface area contributed by atoms with Crippen LogP contribution in [0.25, 0.3) is 0 Å². The van der Waals surface area contributed by atoms with Crippen molar-refractivity contribution in [2.45, 2.75) is 58.7 Å². The Labute approximate surface area is 92.7 Å². The predicted molar refractivity (Wildman–Crippen MR) is 58.2 cm³/mol. The molecular weight excluding hydrogens is 196 g/mol. The van der Waals surface area contributed by atoms with Gasteiger partial charge in [0.1, 0.15) is 5.60 Å². The smallest absolute Gasteiger partial charge is 0.103 e. The van der Waals surface area contributed by atoms with Gasteiger partial charge in [0, 0.05) is 6.42 Å². The van der Waals surface area contributed by atoms with E-state index in [0.29, 0.717) is 6.61 Å². The van der Waals surface area contributed by atoms with Crippen molar-refractivity contribution in [3.63, 3.8) is 0 Å². The monoisotopic (exact) mass is 220 g/mol. The average Bonchev–Trinajstić information content (AvgIpc) is 2.14. The summed E-state index contributed by atoms with van der Waals surface area (Å²) < 4.78 is 0. The Balaban J connectivity index is 3.96. The minimum absolute atomic E-state index is 0.293. The summed E-state index contributed by atoms with van der Waals surface area (Å²) in [6.45, 7) is 10.4. The summed E-state index contributed by atoms with van der Waals surface area (Å²) in [6, 6.07) is 0. The highest BCUT2D eigenvalue weighted by molar-refractivity contribution is 4.71. The lowest BCUT2D eigenvalue weighted by Gasteiger charge is -2.30. The molecule has 0 aromatic heterocycles. The third-order valence-electron chi connectivity index (χ3n) is 2.07. The van der Waals surface area contributed by atoms with Gasteiger partial charge in [-0.05, 0) is 34.1 Å². The molecule has 0 aliphatic heterocycles. The largest absolute Gasteiger partial charge is 0.240 e. The maximum absolute atomic E-state index is 5.45. The fraction of sp³-hybridized carbons (Fsp3) is 1.00. The highest BCUT2D eigenvalue weighted by Crippen LogP contribution is 2.23. The summed E-state index contributed by atoms with van der Waals surface area (Å²) in [5.41, 5.74) is -0.621. The van der Waals surface area contributed by atoms with Crippen molar-refractivity contribution in [2.24, 2.45) is 0 Å². The maximum Gasteiger partial charge on any atom is 0.103 e. The fourth-order valence-corrected chi connectivity index (χ4v) is 0.844. The van der Waals surface area contributed by atoms with Gasteiger partial charge in [-0.3, -0.25) is 0 Å². The molecule has 0 aromatic carbocycles. The SMILES string of the molecule is CCC(C)(CCOOC)OOC(C)(C)C. The second kappa shape index (κ2) is 6.43. The van der Waals surface area contributed by atoms with E-state index < -0.39 is 0 Å². The maximum atomic E-state index is 5.45. The van der Waals surface area contributed by atoms with Crippen molar-refractivity contribution < 1.29 is 19.6 Å². The first-order chi connectivity index (χ1) is 6.83. The highest BCUT2D eigenvalue weighted by atomic mass is 17.2. The van der Waals surface area contributed by atoms with Crippen LogP contribution < -0.4 is 0 Å². The minimum Gasteiger partial charge on any atom is -0.240 e. The van der Waals surface area contributed by atoms with Crippen molar-refractivity contribution in [3.8, 4) is 0 Å². The summed E-state index contributed by atoms with van der Waals surface area (Å²) in [7, 11) is 1.50. The van der Waals surface area contributed by atoms with Crippen LogP contribution in [0.4, 0.5) is 0 Å². The van der Waals surface area contributed by atoms with Crippen LogP contribution in [0, 0.1) is 0 Å². The summed E-state index contributed by atoms with van der Waals surface area (Å²) >= 11 is 0. The quantitative estimate of drug-likeness (QED) is 0.375. The molecule has 0 bridgehead atoms. The third kappa shape index (κ3) is 7.73. The molecule has 0 fully saturated rings. The molecule has 15 heavy (non-hydrogen) atoms. The minimum atomic E-state index is -0.328. The van der Waals surface area contributed by atoms with Gasteiger partial charge < -0.3 is 0 Å². The average molecular weight is 220 g/mol. The van der Waals surface area contributed by atoms with Gasteiger partial charge in [-0.25, -0.2) is 19.6 Å². The first-order valence-electron chi connectivity index (χ1n) is 5.35. The van der Waals surface area contributed by atoms with Crippen LogP contribution in [-0.4, -0.2) is 24.9 Å². The van der Waals surface area contributed by atoms with E-state index in [1.54, 1.807) is 0 Å². The van der Waals surface area contributed by atoms with Gasteiger partial charge >= 0.3 is 0 Å². The Bertz CT molecular complexity index is 164. The Hall–Kier alpha value is -0.160. The van der Waals surface area contributed by atoms with Crippen molar-refractivity contribution in [1.82, 2.24) is 0 Å². The Kier molecular flexibility index (Phi) is 6.36. The second-order valence-corrected chi connectivity index (χ2v) is 4.82. The molecule has 4 nitrogen and oxygen atoms in total. The zero-order valence-electron chi connectivity index (χ0n) is 10.8. The van der Waals surface area contributed by atoms with E-state index in [-0.39, 0.29) is 11.2 Å². The van der Waals surface area contributed by atoms with Crippen LogP contribution in [0.5, 0.6) is 0 Å². The molecule has 0 heterocycles. The van der Waals surface area contributed by atoms with Gasteiger partial charge in [0.05, 0.1) is 19.3 Å². The Morgan fingerprint density at radius 2 is 1.60 bits per heavy atom. The van der Waals surface area contributed by atoms with Crippen molar-refractivity contribution in [1.29, 1.82) is 0 Å². The number of hydrogen-bond donors (Lipinski definition) is 0. The molecule has 0 aliphatic carbocycles. The molecule has 0 aliphatic rings. The number of hydrogen-bond acceptors (Lipinski definition) is 4. The summed E-state index contributed by atoms with van der Waals surface area (Å²) in [5.74, 6) is 0. The predicted octanol–water partition coefficient (Wildman–Crippen LogP) is 2.87. The van der Waals surface area contributed by atoms with Crippen molar-refractivity contribution >= 4 is 0 Å². The van der Waals surface area contributed by atoms with Crippen molar-refractivity contribution in [3.05, 3.63) is 0 Å². The molecule has 0 spiro atoms. The van der Waals surface area contributed by atoms with E-state index in [1.807, 2.05) is 27.7 Å². The van der Waals surface area contributed by atoms with Crippen molar-refractivity contribution in [2.75, 3.05) is 13.7 Å². The topological polar surface area (TPSA) is 36.9 Å². The zero-order valence-corrected chi connectivity index (χ0v) is 10.8. The summed E-state index contributed by atoms with van der Waals surface area (Å²) in [5, 5.41) is 0. The summed E-state index contributed by atoms with van der Waals surface area (Å²) in [6.07, 6.45) is 1.59. The first kappa shape index (κ1) is 14.8. The van der Waals surface area contributed by atoms with Crippen LogP contribution in [0.2, 0.25) is 0 Å². The molecule has 0 N–H and O–H groups in total. The molecule has 0 amide bonds. The molecule has 0 aromatic rings. The molecule has 0 radical (unpaired) electrons. The summed E-state index contributed by atoms with van der Waals surface area (Å²) in [4.78, 5) is 20.1. The van der Waals surface area contributed by atoms with E-state index in [4.69, 9.17) is 14.7 Å². The number of rotatable bonds is 7. The molecule has 1 atom stereocenters. The molecule has 1 unspecified atom stereocenters.